The van der Waals surface area contributed by atoms with Crippen molar-refractivity contribution in [2.24, 2.45) is 0 Å². The first kappa shape index (κ1) is 8.57. The first-order chi connectivity index (χ1) is 6.31. The largest absolute Gasteiger partial charge is 0.384 e. The van der Waals surface area contributed by atoms with Crippen LogP contribution in [0.1, 0.15) is 24.0 Å². The van der Waals surface area contributed by atoms with Crippen LogP contribution in [0.2, 0.25) is 0 Å². The van der Waals surface area contributed by atoms with Crippen LogP contribution in [0.15, 0.2) is 18.2 Å². The summed E-state index contributed by atoms with van der Waals surface area (Å²) in [6.45, 7) is 4.31. The molecule has 2 nitrogen and oxygen atoms in total. The van der Waals surface area contributed by atoms with E-state index in [1.165, 1.54) is 16.8 Å². The highest BCUT2D eigenvalue weighted by Crippen LogP contribution is 2.31. The molecule has 1 aromatic carbocycles. The van der Waals surface area contributed by atoms with Gasteiger partial charge in [-0.05, 0) is 24.2 Å². The Morgan fingerprint density at radius 3 is 3.15 bits per heavy atom. The minimum absolute atomic E-state index is 0.659. The van der Waals surface area contributed by atoms with E-state index in [2.05, 4.69) is 35.8 Å². The molecule has 1 aliphatic rings. The van der Waals surface area contributed by atoms with Crippen LogP contribution >= 0.6 is 0 Å². The van der Waals surface area contributed by atoms with E-state index in [4.69, 9.17) is 0 Å². The van der Waals surface area contributed by atoms with E-state index < -0.39 is 0 Å². The molecule has 13 heavy (non-hydrogen) atoms. The summed E-state index contributed by atoms with van der Waals surface area (Å²) in [5.41, 5.74) is 4.15. The SMILES string of the molecule is CNCc1ccc2c(c1)C(C)CN2. The van der Waals surface area contributed by atoms with Crippen molar-refractivity contribution in [1.82, 2.24) is 5.32 Å². The monoisotopic (exact) mass is 176 g/mol. The molecule has 2 heteroatoms. The summed E-state index contributed by atoms with van der Waals surface area (Å²) in [6.07, 6.45) is 0. The summed E-state index contributed by atoms with van der Waals surface area (Å²) in [6, 6.07) is 6.67. The highest BCUT2D eigenvalue weighted by atomic mass is 14.9. The van der Waals surface area contributed by atoms with Gasteiger partial charge in [-0.2, -0.15) is 0 Å². The predicted molar refractivity (Wildman–Crippen MR) is 56.1 cm³/mol. The number of benzene rings is 1. The van der Waals surface area contributed by atoms with Crippen LogP contribution in [0.4, 0.5) is 5.69 Å². The summed E-state index contributed by atoms with van der Waals surface area (Å²) < 4.78 is 0. The number of anilines is 1. The molecule has 1 heterocycles. The maximum Gasteiger partial charge on any atom is 0.0376 e. The van der Waals surface area contributed by atoms with Gasteiger partial charge in [-0.25, -0.2) is 0 Å². The third-order valence-corrected chi connectivity index (χ3v) is 2.63. The number of hydrogen-bond acceptors (Lipinski definition) is 2. The summed E-state index contributed by atoms with van der Waals surface area (Å²) in [4.78, 5) is 0. The maximum atomic E-state index is 3.40. The molecule has 0 saturated carbocycles. The summed E-state index contributed by atoms with van der Waals surface area (Å²) in [5, 5.41) is 6.57. The number of nitrogens with one attached hydrogen (secondary N) is 2. The fraction of sp³-hybridized carbons (Fsp3) is 0.455. The quantitative estimate of drug-likeness (QED) is 0.719. The molecule has 0 aliphatic carbocycles. The van der Waals surface area contributed by atoms with Crippen molar-refractivity contribution in [3.05, 3.63) is 29.3 Å². The predicted octanol–water partition coefficient (Wildman–Crippen LogP) is 1.93. The van der Waals surface area contributed by atoms with Crippen molar-refractivity contribution in [3.8, 4) is 0 Å². The van der Waals surface area contributed by atoms with Crippen LogP contribution < -0.4 is 10.6 Å². The first-order valence-electron chi connectivity index (χ1n) is 4.82. The summed E-state index contributed by atoms with van der Waals surface area (Å²) >= 11 is 0. The average molecular weight is 176 g/mol. The molecule has 70 valence electrons. The van der Waals surface area contributed by atoms with Gasteiger partial charge in [0, 0.05) is 24.7 Å². The molecule has 0 bridgehead atoms. The third-order valence-electron chi connectivity index (χ3n) is 2.63. The Morgan fingerprint density at radius 2 is 2.38 bits per heavy atom. The van der Waals surface area contributed by atoms with Gasteiger partial charge in [0.25, 0.3) is 0 Å². The fourth-order valence-electron chi connectivity index (χ4n) is 1.87. The normalized spacial score (nSPS) is 19.7. The topological polar surface area (TPSA) is 24.1 Å². The van der Waals surface area contributed by atoms with Crippen LogP contribution in [0.3, 0.4) is 0 Å². The van der Waals surface area contributed by atoms with Gasteiger partial charge in [0.2, 0.25) is 0 Å². The Labute approximate surface area is 79.4 Å². The zero-order valence-corrected chi connectivity index (χ0v) is 8.22. The molecule has 1 aromatic rings. The maximum absolute atomic E-state index is 3.40. The zero-order chi connectivity index (χ0) is 9.26. The van der Waals surface area contributed by atoms with Gasteiger partial charge in [0.15, 0.2) is 0 Å². The molecule has 1 unspecified atom stereocenters. The van der Waals surface area contributed by atoms with Gasteiger partial charge >= 0.3 is 0 Å². The van der Waals surface area contributed by atoms with E-state index in [1.807, 2.05) is 7.05 Å². The molecule has 1 aliphatic heterocycles. The lowest BCUT2D eigenvalue weighted by Gasteiger charge is -2.05. The standard InChI is InChI=1S/C11H16N2/c1-8-6-13-11-4-3-9(7-12-2)5-10(8)11/h3-5,8,12-13H,6-7H2,1-2H3. The minimum Gasteiger partial charge on any atom is -0.384 e. The second-order valence-electron chi connectivity index (χ2n) is 3.73. The van der Waals surface area contributed by atoms with Crippen molar-refractivity contribution in [1.29, 1.82) is 0 Å². The Morgan fingerprint density at radius 1 is 1.54 bits per heavy atom. The van der Waals surface area contributed by atoms with Crippen molar-refractivity contribution >= 4 is 5.69 Å². The van der Waals surface area contributed by atoms with E-state index >= 15 is 0 Å². The van der Waals surface area contributed by atoms with E-state index in [0.717, 1.165) is 13.1 Å². The van der Waals surface area contributed by atoms with E-state index in [9.17, 15) is 0 Å². The lowest BCUT2D eigenvalue weighted by Crippen LogP contribution is -2.05. The molecule has 0 spiro atoms. The zero-order valence-electron chi connectivity index (χ0n) is 8.22. The minimum atomic E-state index is 0.659. The number of fused-ring (bicyclic) bond motifs is 1. The number of hydrogen-bond donors (Lipinski definition) is 2. The molecule has 1 atom stereocenters. The molecular weight excluding hydrogens is 160 g/mol. The second-order valence-corrected chi connectivity index (χ2v) is 3.73. The molecule has 0 fully saturated rings. The van der Waals surface area contributed by atoms with Gasteiger partial charge in [-0.3, -0.25) is 0 Å². The van der Waals surface area contributed by atoms with Crippen LogP contribution in [-0.4, -0.2) is 13.6 Å². The van der Waals surface area contributed by atoms with Crippen molar-refractivity contribution in [2.45, 2.75) is 19.4 Å². The molecule has 0 saturated heterocycles. The Hall–Kier alpha value is -1.02. The van der Waals surface area contributed by atoms with Gasteiger partial charge in [0.1, 0.15) is 0 Å². The lowest BCUT2D eigenvalue weighted by atomic mass is 10.0. The smallest absolute Gasteiger partial charge is 0.0376 e. The van der Waals surface area contributed by atoms with Crippen LogP contribution in [0.25, 0.3) is 0 Å². The Kier molecular flexibility index (Phi) is 2.23. The number of rotatable bonds is 2. The summed E-state index contributed by atoms with van der Waals surface area (Å²) in [7, 11) is 1.98. The fourth-order valence-corrected chi connectivity index (χ4v) is 1.87. The highest BCUT2D eigenvalue weighted by molar-refractivity contribution is 5.58. The molecule has 2 N–H and O–H groups in total. The Bertz CT molecular complexity index is 307. The van der Waals surface area contributed by atoms with E-state index in [1.54, 1.807) is 0 Å². The van der Waals surface area contributed by atoms with Gasteiger partial charge in [-0.1, -0.05) is 19.1 Å². The van der Waals surface area contributed by atoms with Crippen molar-refractivity contribution in [3.63, 3.8) is 0 Å². The summed E-state index contributed by atoms with van der Waals surface area (Å²) in [5.74, 6) is 0.659. The highest BCUT2D eigenvalue weighted by Gasteiger charge is 2.17. The van der Waals surface area contributed by atoms with Gasteiger partial charge in [-0.15, -0.1) is 0 Å². The molecule has 0 amide bonds. The molecular formula is C11H16N2. The third kappa shape index (κ3) is 1.54. The molecule has 0 aromatic heterocycles. The van der Waals surface area contributed by atoms with Crippen molar-refractivity contribution < 1.29 is 0 Å². The lowest BCUT2D eigenvalue weighted by molar-refractivity contribution is 0.809. The van der Waals surface area contributed by atoms with Crippen LogP contribution in [0.5, 0.6) is 0 Å². The Balaban J connectivity index is 2.31. The second kappa shape index (κ2) is 3.38. The first-order valence-corrected chi connectivity index (χ1v) is 4.82. The van der Waals surface area contributed by atoms with Gasteiger partial charge in [0.05, 0.1) is 0 Å². The van der Waals surface area contributed by atoms with Crippen molar-refractivity contribution in [2.75, 3.05) is 18.9 Å². The van der Waals surface area contributed by atoms with E-state index in [0.29, 0.717) is 5.92 Å². The van der Waals surface area contributed by atoms with Crippen LogP contribution in [0, 0.1) is 0 Å². The van der Waals surface area contributed by atoms with Crippen LogP contribution in [-0.2, 0) is 6.54 Å². The molecule has 0 radical (unpaired) electrons. The average Bonchev–Trinajstić information content (AvgIpc) is 2.49. The molecule has 2 rings (SSSR count). The van der Waals surface area contributed by atoms with E-state index in [-0.39, 0.29) is 0 Å². The van der Waals surface area contributed by atoms with Gasteiger partial charge < -0.3 is 10.6 Å².